The van der Waals surface area contributed by atoms with Crippen LogP contribution in [0.2, 0.25) is 0 Å². The molecule has 1 aliphatic heterocycles. The number of hydrogen-bond acceptors (Lipinski definition) is 3. The number of ketones is 1. The molecule has 1 fully saturated rings. The monoisotopic (exact) mass is 448 g/mol. The molecule has 3 heteroatoms. The van der Waals surface area contributed by atoms with Gasteiger partial charge in [0.2, 0.25) is 0 Å². The average molecular weight is 449 g/mol. The van der Waals surface area contributed by atoms with E-state index in [2.05, 4.69) is 63.2 Å². The van der Waals surface area contributed by atoms with Gasteiger partial charge < -0.3 is 0 Å². The highest BCUT2D eigenvalue weighted by Crippen LogP contribution is 2.37. The van der Waals surface area contributed by atoms with Crippen LogP contribution in [-0.4, -0.2) is 25.3 Å². The number of carbonyl (C=O) groups excluding carboxylic acids is 1. The molecule has 3 nitrogen and oxygen atoms in total. The zero-order valence-corrected chi connectivity index (χ0v) is 21.5. The number of aliphatic imine (C=N–C) groups is 2. The van der Waals surface area contributed by atoms with E-state index in [0.717, 1.165) is 32.1 Å². The Hall–Kier alpha value is -2.03. The molecule has 2 aliphatic rings. The second-order valence-corrected chi connectivity index (χ2v) is 10.9. The minimum atomic E-state index is 0.437. The van der Waals surface area contributed by atoms with E-state index >= 15 is 0 Å². The lowest BCUT2D eigenvalue weighted by Crippen LogP contribution is -2.19. The Bertz CT molecular complexity index is 879. The highest BCUT2D eigenvalue weighted by atomic mass is 16.1. The molecule has 0 amide bonds. The molecule has 0 radical (unpaired) electrons. The predicted molar refractivity (Wildman–Crippen MR) is 141 cm³/mol. The number of carbonyl (C=O) groups is 1. The summed E-state index contributed by atoms with van der Waals surface area (Å²) in [6, 6.07) is 8.61. The van der Waals surface area contributed by atoms with Crippen LogP contribution in [-0.2, 0) is 11.2 Å². The van der Waals surface area contributed by atoms with Gasteiger partial charge in [-0.05, 0) is 72.0 Å². The fourth-order valence-corrected chi connectivity index (χ4v) is 5.90. The molecule has 0 aromatic heterocycles. The van der Waals surface area contributed by atoms with Gasteiger partial charge in [-0.3, -0.25) is 14.8 Å². The highest BCUT2D eigenvalue weighted by Gasteiger charge is 2.27. The zero-order valence-electron chi connectivity index (χ0n) is 21.5. The SMILES string of the molecule is CN=CC1=C(CC2CCC[C@@H](CC(=O)CCc3ccccc3C(C)C)C2)N=CC(C)CC1C. The third-order valence-electron chi connectivity index (χ3n) is 7.58. The molecule has 1 aromatic carbocycles. The van der Waals surface area contributed by atoms with Crippen LogP contribution in [0.3, 0.4) is 0 Å². The third kappa shape index (κ3) is 7.48. The van der Waals surface area contributed by atoms with Crippen LogP contribution < -0.4 is 0 Å². The van der Waals surface area contributed by atoms with Gasteiger partial charge in [-0.2, -0.15) is 0 Å². The summed E-state index contributed by atoms with van der Waals surface area (Å²) in [5.41, 5.74) is 5.28. The topological polar surface area (TPSA) is 41.8 Å². The molecule has 0 spiro atoms. The Kier molecular flexibility index (Phi) is 9.64. The maximum absolute atomic E-state index is 12.9. The summed E-state index contributed by atoms with van der Waals surface area (Å²) in [5, 5.41) is 0. The summed E-state index contributed by atoms with van der Waals surface area (Å²) in [5.74, 6) is 3.11. The first-order valence-corrected chi connectivity index (χ1v) is 13.2. The van der Waals surface area contributed by atoms with Crippen molar-refractivity contribution in [3.63, 3.8) is 0 Å². The summed E-state index contributed by atoms with van der Waals surface area (Å²) >= 11 is 0. The van der Waals surface area contributed by atoms with Crippen molar-refractivity contribution in [2.24, 2.45) is 33.7 Å². The molecule has 1 aromatic rings. The van der Waals surface area contributed by atoms with Crippen molar-refractivity contribution in [3.8, 4) is 0 Å². The Morgan fingerprint density at radius 1 is 1.15 bits per heavy atom. The van der Waals surface area contributed by atoms with Gasteiger partial charge in [-0.15, -0.1) is 0 Å². The van der Waals surface area contributed by atoms with Crippen LogP contribution in [0.15, 0.2) is 45.5 Å². The molecular formula is C30H44N2O. The molecule has 1 heterocycles. The van der Waals surface area contributed by atoms with Crippen LogP contribution in [0.5, 0.6) is 0 Å². The van der Waals surface area contributed by atoms with E-state index in [9.17, 15) is 4.79 Å². The van der Waals surface area contributed by atoms with Gasteiger partial charge in [-0.25, -0.2) is 0 Å². The van der Waals surface area contributed by atoms with Crippen molar-refractivity contribution < 1.29 is 4.79 Å². The van der Waals surface area contributed by atoms with Crippen LogP contribution in [0, 0.1) is 23.7 Å². The Balaban J connectivity index is 1.57. The minimum Gasteiger partial charge on any atom is -0.300 e. The lowest BCUT2D eigenvalue weighted by molar-refractivity contribution is -0.120. The van der Waals surface area contributed by atoms with E-state index in [4.69, 9.17) is 4.99 Å². The predicted octanol–water partition coefficient (Wildman–Crippen LogP) is 7.60. The molecule has 3 unspecified atom stereocenters. The quantitative estimate of drug-likeness (QED) is 0.359. The molecule has 3 rings (SSSR count). The molecule has 180 valence electrons. The lowest BCUT2D eigenvalue weighted by Gasteiger charge is -2.29. The van der Waals surface area contributed by atoms with Gasteiger partial charge >= 0.3 is 0 Å². The van der Waals surface area contributed by atoms with E-state index in [1.807, 2.05) is 13.3 Å². The largest absolute Gasteiger partial charge is 0.300 e. The Morgan fingerprint density at radius 3 is 2.67 bits per heavy atom. The molecule has 1 saturated carbocycles. The van der Waals surface area contributed by atoms with Crippen molar-refractivity contribution in [1.29, 1.82) is 0 Å². The summed E-state index contributed by atoms with van der Waals surface area (Å²) in [4.78, 5) is 22.1. The van der Waals surface area contributed by atoms with Crippen molar-refractivity contribution >= 4 is 18.2 Å². The summed E-state index contributed by atoms with van der Waals surface area (Å²) in [7, 11) is 1.86. The van der Waals surface area contributed by atoms with E-state index in [1.165, 1.54) is 41.7 Å². The van der Waals surface area contributed by atoms with Crippen LogP contribution in [0.4, 0.5) is 0 Å². The summed E-state index contributed by atoms with van der Waals surface area (Å²) < 4.78 is 0. The molecule has 0 N–H and O–H groups in total. The molecule has 0 saturated heterocycles. The van der Waals surface area contributed by atoms with Crippen molar-refractivity contribution in [3.05, 3.63) is 46.7 Å². The van der Waals surface area contributed by atoms with E-state index in [-0.39, 0.29) is 0 Å². The van der Waals surface area contributed by atoms with Gasteiger partial charge in [0.1, 0.15) is 5.78 Å². The fourth-order valence-electron chi connectivity index (χ4n) is 5.90. The second kappa shape index (κ2) is 12.4. The zero-order chi connectivity index (χ0) is 23.8. The average Bonchev–Trinajstić information content (AvgIpc) is 2.91. The maximum atomic E-state index is 12.9. The normalized spacial score (nSPS) is 26.2. The molecule has 0 bridgehead atoms. The standard InChI is InChI=1S/C30H44N2O/c1-21(2)28-12-7-6-11-26(28)13-14-27(33)17-24-9-8-10-25(16-24)18-30-29(20-31-5)23(4)15-22(3)19-32-30/h6-7,11-12,19-25H,8-10,13-18H2,1-5H3/t22?,23?,24-,25?/m1/s1. The Labute approximate surface area is 201 Å². The fraction of sp³-hybridized carbons (Fsp3) is 0.633. The maximum Gasteiger partial charge on any atom is 0.133 e. The van der Waals surface area contributed by atoms with Gasteiger partial charge in [0, 0.05) is 38.0 Å². The molecule has 33 heavy (non-hydrogen) atoms. The van der Waals surface area contributed by atoms with Gasteiger partial charge in [0.15, 0.2) is 0 Å². The number of aryl methyl sites for hydroxylation is 1. The first kappa shape index (κ1) is 25.6. The van der Waals surface area contributed by atoms with Gasteiger partial charge in [0.25, 0.3) is 0 Å². The van der Waals surface area contributed by atoms with Gasteiger partial charge in [-0.1, -0.05) is 71.2 Å². The van der Waals surface area contributed by atoms with Crippen molar-refractivity contribution in [1.82, 2.24) is 0 Å². The molecular weight excluding hydrogens is 404 g/mol. The third-order valence-corrected chi connectivity index (χ3v) is 7.58. The minimum absolute atomic E-state index is 0.437. The number of hydrogen-bond donors (Lipinski definition) is 0. The van der Waals surface area contributed by atoms with E-state index in [1.54, 1.807) is 0 Å². The van der Waals surface area contributed by atoms with Crippen molar-refractivity contribution in [2.75, 3.05) is 7.05 Å². The number of nitrogens with zero attached hydrogens (tertiary/aromatic N) is 2. The number of Topliss-reactive ketones (excluding diaryl/α,β-unsaturated/α-hetero) is 1. The second-order valence-electron chi connectivity index (χ2n) is 10.9. The highest BCUT2D eigenvalue weighted by molar-refractivity contribution is 5.82. The number of allylic oxidation sites excluding steroid dienone is 2. The van der Waals surface area contributed by atoms with Crippen LogP contribution >= 0.6 is 0 Å². The lowest BCUT2D eigenvalue weighted by atomic mass is 9.76. The van der Waals surface area contributed by atoms with E-state index < -0.39 is 0 Å². The van der Waals surface area contributed by atoms with E-state index in [0.29, 0.717) is 41.8 Å². The first-order chi connectivity index (χ1) is 15.9. The number of rotatable bonds is 9. The van der Waals surface area contributed by atoms with Crippen LogP contribution in [0.25, 0.3) is 0 Å². The summed E-state index contributed by atoms with van der Waals surface area (Å²) in [6.07, 6.45) is 13.5. The van der Waals surface area contributed by atoms with Crippen LogP contribution in [0.1, 0.15) is 96.1 Å². The summed E-state index contributed by atoms with van der Waals surface area (Å²) in [6.45, 7) is 9.03. The number of benzene rings is 1. The molecule has 4 atom stereocenters. The Morgan fingerprint density at radius 2 is 1.91 bits per heavy atom. The van der Waals surface area contributed by atoms with Gasteiger partial charge in [0.05, 0.1) is 0 Å². The first-order valence-electron chi connectivity index (χ1n) is 13.2. The van der Waals surface area contributed by atoms with Crippen molar-refractivity contribution in [2.45, 2.75) is 91.4 Å². The smallest absolute Gasteiger partial charge is 0.133 e. The molecule has 1 aliphatic carbocycles.